The number of hydrogen-bond donors (Lipinski definition) is 0. The lowest BCUT2D eigenvalue weighted by molar-refractivity contribution is 0.0390. The lowest BCUT2D eigenvalue weighted by Gasteiger charge is -2.49. The first kappa shape index (κ1) is 18.5. The van der Waals surface area contributed by atoms with Gasteiger partial charge in [0.15, 0.2) is 17.5 Å². The van der Waals surface area contributed by atoms with Crippen LogP contribution in [0.15, 0.2) is 36.5 Å². The minimum Gasteiger partial charge on any atom is -0.377 e. The standard InChI is InChI=1S/C21H20N8OS/c1-3-21-12-30-10-9-28(21)19-15(29-13(2)24-26-20(21)29)11-22-18(23-19)17-16(25-27-31-17)14-7-5-4-6-8-14/h4-8,11H,3,9-10,12H2,1-2H3. The van der Waals surface area contributed by atoms with E-state index in [0.717, 1.165) is 52.3 Å². The van der Waals surface area contributed by atoms with E-state index in [1.165, 1.54) is 11.5 Å². The van der Waals surface area contributed by atoms with E-state index in [0.29, 0.717) is 19.0 Å². The summed E-state index contributed by atoms with van der Waals surface area (Å²) in [5, 5.41) is 13.2. The lowest BCUT2D eigenvalue weighted by atomic mass is 9.90. The first-order valence-corrected chi connectivity index (χ1v) is 11.0. The van der Waals surface area contributed by atoms with Crippen LogP contribution in [0, 0.1) is 6.92 Å². The Labute approximate surface area is 182 Å². The summed E-state index contributed by atoms with van der Waals surface area (Å²) >= 11 is 1.31. The Morgan fingerprint density at radius 2 is 2.03 bits per heavy atom. The molecule has 31 heavy (non-hydrogen) atoms. The second kappa shape index (κ2) is 6.89. The molecule has 0 spiro atoms. The molecule has 2 aliphatic rings. The quantitative estimate of drug-likeness (QED) is 0.488. The van der Waals surface area contributed by atoms with E-state index in [4.69, 9.17) is 14.7 Å². The molecular formula is C21H20N8OS. The number of rotatable bonds is 3. The number of morpholine rings is 1. The molecule has 1 saturated heterocycles. The second-order valence-corrected chi connectivity index (χ2v) is 8.47. The Hall–Kier alpha value is -3.24. The number of aryl methyl sites for hydroxylation is 1. The molecule has 0 amide bonds. The maximum atomic E-state index is 5.91. The summed E-state index contributed by atoms with van der Waals surface area (Å²) in [6.07, 6.45) is 2.70. The van der Waals surface area contributed by atoms with Gasteiger partial charge in [-0.05, 0) is 24.9 Å². The van der Waals surface area contributed by atoms with E-state index in [-0.39, 0.29) is 0 Å². The summed E-state index contributed by atoms with van der Waals surface area (Å²) in [6.45, 7) is 6.04. The summed E-state index contributed by atoms with van der Waals surface area (Å²) in [7, 11) is 0. The van der Waals surface area contributed by atoms with Crippen molar-refractivity contribution >= 4 is 17.4 Å². The highest BCUT2D eigenvalue weighted by Gasteiger charge is 2.49. The molecule has 3 aromatic heterocycles. The molecule has 10 heteroatoms. The molecule has 0 N–H and O–H groups in total. The van der Waals surface area contributed by atoms with Crippen LogP contribution in [0.5, 0.6) is 0 Å². The normalized spacial score (nSPS) is 19.6. The molecule has 0 radical (unpaired) electrons. The number of anilines is 1. The number of fused-ring (bicyclic) bond motifs is 6. The van der Waals surface area contributed by atoms with Gasteiger partial charge in [0.05, 0.1) is 19.4 Å². The van der Waals surface area contributed by atoms with Crippen molar-refractivity contribution in [3.63, 3.8) is 0 Å². The van der Waals surface area contributed by atoms with E-state index in [9.17, 15) is 0 Å². The predicted octanol–water partition coefficient (Wildman–Crippen LogP) is 3.01. The fraction of sp³-hybridized carbons (Fsp3) is 0.333. The highest BCUT2D eigenvalue weighted by Crippen LogP contribution is 2.45. The van der Waals surface area contributed by atoms with Gasteiger partial charge in [0.1, 0.15) is 27.6 Å². The molecule has 156 valence electrons. The van der Waals surface area contributed by atoms with Gasteiger partial charge in [-0.25, -0.2) is 9.97 Å². The van der Waals surface area contributed by atoms with Crippen molar-refractivity contribution in [2.75, 3.05) is 24.7 Å². The molecule has 1 fully saturated rings. The highest BCUT2D eigenvalue weighted by atomic mass is 32.1. The van der Waals surface area contributed by atoms with E-state index in [1.54, 1.807) is 0 Å². The minimum atomic E-state index is -0.396. The van der Waals surface area contributed by atoms with Crippen molar-refractivity contribution in [1.82, 2.24) is 34.3 Å². The van der Waals surface area contributed by atoms with Gasteiger partial charge in [-0.2, -0.15) is 0 Å². The number of aromatic nitrogens is 7. The zero-order chi connectivity index (χ0) is 21.0. The lowest BCUT2D eigenvalue weighted by Crippen LogP contribution is -2.58. The first-order valence-electron chi connectivity index (χ1n) is 10.3. The van der Waals surface area contributed by atoms with Gasteiger partial charge in [0.25, 0.3) is 0 Å². The predicted molar refractivity (Wildman–Crippen MR) is 116 cm³/mol. The van der Waals surface area contributed by atoms with Crippen LogP contribution in [0.2, 0.25) is 0 Å². The molecule has 0 saturated carbocycles. The Morgan fingerprint density at radius 3 is 2.87 bits per heavy atom. The second-order valence-electron chi connectivity index (χ2n) is 7.71. The van der Waals surface area contributed by atoms with Crippen molar-refractivity contribution in [1.29, 1.82) is 0 Å². The maximum absolute atomic E-state index is 5.91. The van der Waals surface area contributed by atoms with Crippen molar-refractivity contribution in [2.45, 2.75) is 25.8 Å². The van der Waals surface area contributed by atoms with Gasteiger partial charge >= 0.3 is 0 Å². The van der Waals surface area contributed by atoms with Gasteiger partial charge in [-0.3, -0.25) is 4.57 Å². The molecular weight excluding hydrogens is 412 g/mol. The van der Waals surface area contributed by atoms with Gasteiger partial charge in [-0.15, -0.1) is 15.3 Å². The summed E-state index contributed by atoms with van der Waals surface area (Å²) < 4.78 is 12.2. The fourth-order valence-electron chi connectivity index (χ4n) is 4.54. The number of hydrogen-bond acceptors (Lipinski definition) is 9. The molecule has 1 aromatic carbocycles. The Kier molecular flexibility index (Phi) is 4.12. The largest absolute Gasteiger partial charge is 0.377 e. The Bertz CT molecular complexity index is 1270. The molecule has 1 atom stereocenters. The van der Waals surface area contributed by atoms with Gasteiger partial charge < -0.3 is 9.64 Å². The van der Waals surface area contributed by atoms with Crippen LogP contribution in [0.25, 0.3) is 27.6 Å². The SMILES string of the molecule is CCC12COCCN1c1nc(-c3snnc3-c3ccccc3)ncc1-n1c(C)nnc12. The van der Waals surface area contributed by atoms with Crippen molar-refractivity contribution in [3.8, 4) is 27.6 Å². The molecule has 5 heterocycles. The zero-order valence-corrected chi connectivity index (χ0v) is 18.0. The smallest absolute Gasteiger partial charge is 0.175 e. The zero-order valence-electron chi connectivity index (χ0n) is 17.2. The van der Waals surface area contributed by atoms with Gasteiger partial charge in [-0.1, -0.05) is 41.7 Å². The van der Waals surface area contributed by atoms with E-state index in [1.807, 2.05) is 43.5 Å². The van der Waals surface area contributed by atoms with Crippen LogP contribution in [0.3, 0.4) is 0 Å². The third-order valence-electron chi connectivity index (χ3n) is 6.13. The number of ether oxygens (including phenoxy) is 1. The highest BCUT2D eigenvalue weighted by molar-refractivity contribution is 7.09. The fourth-order valence-corrected chi connectivity index (χ4v) is 5.17. The van der Waals surface area contributed by atoms with Crippen molar-refractivity contribution in [3.05, 3.63) is 48.2 Å². The molecule has 1 unspecified atom stereocenters. The Morgan fingerprint density at radius 1 is 1.16 bits per heavy atom. The topological polar surface area (TPSA) is 94.7 Å². The number of benzene rings is 1. The van der Waals surface area contributed by atoms with Gasteiger partial charge in [0, 0.05) is 12.1 Å². The third kappa shape index (κ3) is 2.58. The summed E-state index contributed by atoms with van der Waals surface area (Å²) in [5.41, 5.74) is 2.29. The van der Waals surface area contributed by atoms with Crippen molar-refractivity contribution in [2.24, 2.45) is 0 Å². The van der Waals surface area contributed by atoms with E-state index >= 15 is 0 Å². The summed E-state index contributed by atoms with van der Waals surface area (Å²) in [5.74, 6) is 3.20. The van der Waals surface area contributed by atoms with Crippen LogP contribution in [0.4, 0.5) is 5.82 Å². The van der Waals surface area contributed by atoms with Crippen LogP contribution in [0.1, 0.15) is 25.0 Å². The minimum absolute atomic E-state index is 0.396. The van der Waals surface area contributed by atoms with Crippen LogP contribution < -0.4 is 4.90 Å². The number of nitrogens with zero attached hydrogens (tertiary/aromatic N) is 8. The third-order valence-corrected chi connectivity index (χ3v) is 6.85. The van der Waals surface area contributed by atoms with E-state index < -0.39 is 5.54 Å². The Balaban J connectivity index is 1.55. The molecule has 0 bridgehead atoms. The first-order chi connectivity index (χ1) is 15.2. The van der Waals surface area contributed by atoms with E-state index in [2.05, 4.69) is 36.2 Å². The van der Waals surface area contributed by atoms with Crippen LogP contribution >= 0.6 is 11.5 Å². The average Bonchev–Trinajstić information content (AvgIpc) is 3.47. The molecule has 4 aromatic rings. The molecule has 9 nitrogen and oxygen atoms in total. The summed E-state index contributed by atoms with van der Waals surface area (Å²) in [6, 6.07) is 10.0. The molecule has 0 aliphatic carbocycles. The molecule has 2 aliphatic heterocycles. The van der Waals surface area contributed by atoms with Gasteiger partial charge in [0.2, 0.25) is 0 Å². The van der Waals surface area contributed by atoms with Crippen LogP contribution in [-0.2, 0) is 10.3 Å². The average molecular weight is 433 g/mol. The summed E-state index contributed by atoms with van der Waals surface area (Å²) in [4.78, 5) is 12.9. The monoisotopic (exact) mass is 432 g/mol. The molecule has 6 rings (SSSR count). The maximum Gasteiger partial charge on any atom is 0.175 e. The van der Waals surface area contributed by atoms with Crippen LogP contribution in [-0.4, -0.2) is 54.1 Å². The van der Waals surface area contributed by atoms with Crippen molar-refractivity contribution < 1.29 is 4.74 Å².